The van der Waals surface area contributed by atoms with Gasteiger partial charge in [0, 0.05) is 25.0 Å². The molecule has 7 heteroatoms. The van der Waals surface area contributed by atoms with E-state index in [1.807, 2.05) is 24.4 Å². The number of fused-ring (bicyclic) bond motifs is 1. The lowest BCUT2D eigenvalue weighted by molar-refractivity contribution is -0.137. The summed E-state index contributed by atoms with van der Waals surface area (Å²) < 4.78 is 40.0. The zero-order valence-corrected chi connectivity index (χ0v) is 15.3. The maximum absolute atomic E-state index is 12.6. The second kappa shape index (κ2) is 7.56. The number of β-amino-alcohol motifs (C(OH)–C–C–N with tert-alkyl or cyclic N) is 1. The normalized spacial score (nSPS) is 19.4. The predicted molar refractivity (Wildman–Crippen MR) is 101 cm³/mol. The lowest BCUT2D eigenvalue weighted by atomic mass is 10.1. The second-order valence-electron chi connectivity index (χ2n) is 7.40. The van der Waals surface area contributed by atoms with E-state index < -0.39 is 17.8 Å². The number of hydrogen-bond donors (Lipinski definition) is 1. The van der Waals surface area contributed by atoms with E-state index >= 15 is 0 Å². The molecule has 0 aliphatic carbocycles. The first-order valence-electron chi connectivity index (χ1n) is 9.39. The van der Waals surface area contributed by atoms with Gasteiger partial charge in [0.2, 0.25) is 0 Å². The van der Waals surface area contributed by atoms with Crippen LogP contribution in [-0.2, 0) is 12.6 Å². The number of aliphatic hydroxyl groups is 1. The molecule has 2 heterocycles. The third kappa shape index (κ3) is 4.05. The van der Waals surface area contributed by atoms with Crippen LogP contribution in [0.2, 0.25) is 0 Å². The van der Waals surface area contributed by atoms with Crippen molar-refractivity contribution in [2.45, 2.75) is 31.2 Å². The molecule has 0 spiro atoms. The smallest absolute Gasteiger partial charge is 0.391 e. The van der Waals surface area contributed by atoms with Crippen LogP contribution in [0.25, 0.3) is 10.9 Å². The second-order valence-corrected chi connectivity index (χ2v) is 7.40. The third-order valence-corrected chi connectivity index (χ3v) is 5.32. The van der Waals surface area contributed by atoms with Crippen molar-refractivity contribution in [1.29, 1.82) is 0 Å². The highest BCUT2D eigenvalue weighted by Crippen LogP contribution is 2.29. The van der Waals surface area contributed by atoms with Gasteiger partial charge in [-0.1, -0.05) is 30.3 Å². The van der Waals surface area contributed by atoms with Crippen molar-refractivity contribution in [2.75, 3.05) is 19.6 Å². The number of aliphatic hydroxyl groups excluding tert-OH is 1. The van der Waals surface area contributed by atoms with Crippen LogP contribution in [-0.4, -0.2) is 45.5 Å². The first-order chi connectivity index (χ1) is 13.4. The van der Waals surface area contributed by atoms with Crippen LogP contribution in [0, 0.1) is 0 Å². The standard InChI is InChI=1S/C21H22F3N3O/c22-21(23,24)17-7-5-15(6-8-17)11-19(28)14-26-10-9-18(13-26)27-20-4-2-1-3-16(20)12-25-27/h1-8,12,18-19,28H,9-11,13-14H2. The largest absolute Gasteiger partial charge is 0.416 e. The zero-order chi connectivity index (χ0) is 19.7. The molecule has 0 bridgehead atoms. The molecule has 1 aliphatic rings. The summed E-state index contributed by atoms with van der Waals surface area (Å²) in [5, 5.41) is 16.0. The number of likely N-dealkylation sites (tertiary alicyclic amines) is 1. The topological polar surface area (TPSA) is 41.3 Å². The Balaban J connectivity index is 1.34. The van der Waals surface area contributed by atoms with Gasteiger partial charge in [-0.2, -0.15) is 18.3 Å². The molecule has 4 nitrogen and oxygen atoms in total. The van der Waals surface area contributed by atoms with Crippen molar-refractivity contribution in [3.63, 3.8) is 0 Å². The summed E-state index contributed by atoms with van der Waals surface area (Å²) >= 11 is 0. The molecule has 0 radical (unpaired) electrons. The number of alkyl halides is 3. The molecule has 1 aliphatic heterocycles. The van der Waals surface area contributed by atoms with Crippen molar-refractivity contribution in [3.05, 3.63) is 65.9 Å². The van der Waals surface area contributed by atoms with Crippen LogP contribution >= 0.6 is 0 Å². The maximum atomic E-state index is 12.6. The van der Waals surface area contributed by atoms with Gasteiger partial charge >= 0.3 is 6.18 Å². The van der Waals surface area contributed by atoms with Gasteiger partial charge in [0.1, 0.15) is 0 Å². The number of aromatic nitrogens is 2. The minimum atomic E-state index is -4.33. The van der Waals surface area contributed by atoms with E-state index in [0.29, 0.717) is 18.5 Å². The van der Waals surface area contributed by atoms with Gasteiger partial charge in [0.15, 0.2) is 0 Å². The van der Waals surface area contributed by atoms with Crippen molar-refractivity contribution >= 4 is 10.9 Å². The molecule has 1 fully saturated rings. The monoisotopic (exact) mass is 389 g/mol. The summed E-state index contributed by atoms with van der Waals surface area (Å²) in [6.07, 6.45) is -1.79. The Kier molecular flexibility index (Phi) is 5.12. The Morgan fingerprint density at radius 2 is 1.86 bits per heavy atom. The van der Waals surface area contributed by atoms with Gasteiger partial charge in [-0.15, -0.1) is 0 Å². The molecule has 2 atom stereocenters. The summed E-state index contributed by atoms with van der Waals surface area (Å²) in [6, 6.07) is 13.4. The fraction of sp³-hybridized carbons (Fsp3) is 0.381. The Hall–Kier alpha value is -2.38. The van der Waals surface area contributed by atoms with Crippen LogP contribution in [0.1, 0.15) is 23.6 Å². The number of hydrogen-bond acceptors (Lipinski definition) is 3. The Morgan fingerprint density at radius 1 is 1.11 bits per heavy atom. The van der Waals surface area contributed by atoms with Crippen LogP contribution in [0.4, 0.5) is 13.2 Å². The summed E-state index contributed by atoms with van der Waals surface area (Å²) in [5.74, 6) is 0. The van der Waals surface area contributed by atoms with E-state index in [0.717, 1.165) is 42.5 Å². The van der Waals surface area contributed by atoms with E-state index in [9.17, 15) is 18.3 Å². The molecular weight excluding hydrogens is 367 g/mol. The van der Waals surface area contributed by atoms with Crippen LogP contribution in [0.5, 0.6) is 0 Å². The highest BCUT2D eigenvalue weighted by molar-refractivity contribution is 5.78. The summed E-state index contributed by atoms with van der Waals surface area (Å²) in [4.78, 5) is 2.19. The first-order valence-corrected chi connectivity index (χ1v) is 9.39. The van der Waals surface area contributed by atoms with Gasteiger partial charge < -0.3 is 5.11 Å². The Bertz CT molecular complexity index is 936. The predicted octanol–water partition coefficient (Wildman–Crippen LogP) is 3.91. The van der Waals surface area contributed by atoms with Gasteiger partial charge in [0.05, 0.1) is 29.4 Å². The van der Waals surface area contributed by atoms with Gasteiger partial charge in [-0.05, 0) is 36.6 Å². The molecule has 1 aromatic heterocycles. The molecule has 28 heavy (non-hydrogen) atoms. The number of para-hydroxylation sites is 1. The average Bonchev–Trinajstić information content (AvgIpc) is 3.28. The number of nitrogens with zero attached hydrogens (tertiary/aromatic N) is 3. The SMILES string of the molecule is OC(Cc1ccc(C(F)(F)F)cc1)CN1CCC(n2ncc3ccccc32)C1. The highest BCUT2D eigenvalue weighted by atomic mass is 19.4. The van der Waals surface area contributed by atoms with Gasteiger partial charge in [-0.3, -0.25) is 9.58 Å². The number of benzene rings is 2. The van der Waals surface area contributed by atoms with E-state index in [2.05, 4.69) is 20.7 Å². The van der Waals surface area contributed by atoms with Crippen molar-refractivity contribution in [2.24, 2.45) is 0 Å². The van der Waals surface area contributed by atoms with Crippen molar-refractivity contribution < 1.29 is 18.3 Å². The minimum Gasteiger partial charge on any atom is -0.391 e. The maximum Gasteiger partial charge on any atom is 0.416 e. The molecule has 3 aromatic rings. The molecular formula is C21H22F3N3O. The number of rotatable bonds is 5. The van der Waals surface area contributed by atoms with Crippen LogP contribution in [0.15, 0.2) is 54.7 Å². The average molecular weight is 389 g/mol. The molecule has 4 rings (SSSR count). The molecule has 0 saturated carbocycles. The molecule has 0 amide bonds. The zero-order valence-electron chi connectivity index (χ0n) is 15.3. The van der Waals surface area contributed by atoms with Crippen LogP contribution < -0.4 is 0 Å². The first kappa shape index (κ1) is 19.0. The molecule has 2 aromatic carbocycles. The highest BCUT2D eigenvalue weighted by Gasteiger charge is 2.30. The Labute approximate surface area is 161 Å². The Morgan fingerprint density at radius 3 is 2.61 bits per heavy atom. The molecule has 148 valence electrons. The van der Waals surface area contributed by atoms with E-state index in [1.165, 1.54) is 12.1 Å². The van der Waals surface area contributed by atoms with E-state index in [-0.39, 0.29) is 6.04 Å². The molecule has 2 unspecified atom stereocenters. The van der Waals surface area contributed by atoms with Gasteiger partial charge in [0.25, 0.3) is 0 Å². The third-order valence-electron chi connectivity index (χ3n) is 5.32. The summed E-state index contributed by atoms with van der Waals surface area (Å²) in [6.45, 7) is 2.16. The lowest BCUT2D eigenvalue weighted by Crippen LogP contribution is -2.32. The quantitative estimate of drug-likeness (QED) is 0.720. The molecule has 1 N–H and O–H groups in total. The summed E-state index contributed by atoms with van der Waals surface area (Å²) in [5.41, 5.74) is 1.15. The van der Waals surface area contributed by atoms with Crippen molar-refractivity contribution in [1.82, 2.24) is 14.7 Å². The number of halogens is 3. The summed E-state index contributed by atoms with van der Waals surface area (Å²) in [7, 11) is 0. The van der Waals surface area contributed by atoms with Crippen LogP contribution in [0.3, 0.4) is 0 Å². The minimum absolute atomic E-state index is 0.262. The molecule has 1 saturated heterocycles. The van der Waals surface area contributed by atoms with E-state index in [1.54, 1.807) is 0 Å². The fourth-order valence-corrected chi connectivity index (χ4v) is 3.93. The van der Waals surface area contributed by atoms with Gasteiger partial charge in [-0.25, -0.2) is 0 Å². The lowest BCUT2D eigenvalue weighted by Gasteiger charge is -2.20. The van der Waals surface area contributed by atoms with E-state index in [4.69, 9.17) is 0 Å². The fourth-order valence-electron chi connectivity index (χ4n) is 3.93. The van der Waals surface area contributed by atoms with Crippen molar-refractivity contribution in [3.8, 4) is 0 Å².